The van der Waals surface area contributed by atoms with Crippen molar-refractivity contribution in [1.29, 1.82) is 0 Å². The number of aliphatic hydroxyl groups is 1. The van der Waals surface area contributed by atoms with Crippen LogP contribution in [0.2, 0.25) is 0 Å². The van der Waals surface area contributed by atoms with E-state index >= 15 is 0 Å². The van der Waals surface area contributed by atoms with Crippen molar-refractivity contribution in [3.63, 3.8) is 0 Å². The minimum atomic E-state index is 0.211. The Morgan fingerprint density at radius 2 is 2.35 bits per heavy atom. The van der Waals surface area contributed by atoms with Gasteiger partial charge in [0.15, 0.2) is 5.65 Å². The topological polar surface area (TPSA) is 54.2 Å². The molecule has 1 aliphatic rings. The lowest BCUT2D eigenvalue weighted by Gasteiger charge is -2.17. The molecule has 0 aromatic carbocycles. The summed E-state index contributed by atoms with van der Waals surface area (Å²) in [5.74, 6) is 1.07. The summed E-state index contributed by atoms with van der Waals surface area (Å²) in [5.41, 5.74) is 1.96. The van der Waals surface area contributed by atoms with E-state index in [-0.39, 0.29) is 6.61 Å². The Morgan fingerprint density at radius 1 is 1.45 bits per heavy atom. The van der Waals surface area contributed by atoms with Gasteiger partial charge in [0.1, 0.15) is 11.3 Å². The minimum absolute atomic E-state index is 0.211. The van der Waals surface area contributed by atoms with Gasteiger partial charge >= 0.3 is 0 Å². The zero-order chi connectivity index (χ0) is 13.9. The number of pyridine rings is 1. The molecule has 0 saturated carbocycles. The lowest BCUT2D eigenvalue weighted by molar-refractivity contribution is 0.286. The third-order valence-corrected chi connectivity index (χ3v) is 4.14. The molecule has 1 N–H and O–H groups in total. The molecule has 108 valence electrons. The fraction of sp³-hybridized carbons (Fsp3) is 0.600. The van der Waals surface area contributed by atoms with Crippen LogP contribution >= 0.6 is 0 Å². The Hall–Kier alpha value is -1.46. The quantitative estimate of drug-likeness (QED) is 0.900. The number of aryl methyl sites for hydroxylation is 1. The van der Waals surface area contributed by atoms with Crippen molar-refractivity contribution in [3.05, 3.63) is 24.2 Å². The number of likely N-dealkylation sites (N-methyl/N-ethyl adjacent to an activating group) is 1. The van der Waals surface area contributed by atoms with Crippen LogP contribution in [0.25, 0.3) is 11.2 Å². The van der Waals surface area contributed by atoms with E-state index in [1.807, 2.05) is 18.3 Å². The lowest BCUT2D eigenvalue weighted by Crippen LogP contribution is -2.22. The molecule has 20 heavy (non-hydrogen) atoms. The lowest BCUT2D eigenvalue weighted by atomic mass is 10.2. The first-order valence-corrected chi connectivity index (χ1v) is 7.48. The maximum atomic E-state index is 9.08. The molecule has 0 amide bonds. The zero-order valence-electron chi connectivity index (χ0n) is 12.0. The zero-order valence-corrected chi connectivity index (χ0v) is 12.0. The van der Waals surface area contributed by atoms with Crippen LogP contribution in [0, 0.1) is 0 Å². The van der Waals surface area contributed by atoms with Crippen LogP contribution in [-0.4, -0.2) is 50.8 Å². The molecule has 0 bridgehead atoms. The molecule has 0 aliphatic carbocycles. The van der Waals surface area contributed by atoms with Crippen molar-refractivity contribution >= 4 is 11.2 Å². The highest BCUT2D eigenvalue weighted by atomic mass is 16.2. The molecule has 0 spiro atoms. The summed E-state index contributed by atoms with van der Waals surface area (Å²) in [6.07, 6.45) is 4.56. The van der Waals surface area contributed by atoms with E-state index < -0.39 is 0 Å². The summed E-state index contributed by atoms with van der Waals surface area (Å²) < 4.78 is 2.31. The summed E-state index contributed by atoms with van der Waals surface area (Å²) in [4.78, 5) is 11.7. The number of aliphatic hydroxyl groups excluding tert-OH is 1. The van der Waals surface area contributed by atoms with Crippen molar-refractivity contribution < 1.29 is 5.11 Å². The standard InChI is InChI=1S/C15H22N4O/c1-2-18-9-7-12(11-18)19-14(6-4-10-20)17-13-5-3-8-16-15(13)19/h3,5,8,12,20H,2,4,6-7,9-11H2,1H3. The number of fused-ring (bicyclic) bond motifs is 1. The van der Waals surface area contributed by atoms with Crippen LogP contribution in [-0.2, 0) is 6.42 Å². The molecular formula is C15H22N4O. The Bertz CT molecular complexity index is 580. The molecule has 5 nitrogen and oxygen atoms in total. The molecule has 3 heterocycles. The summed E-state index contributed by atoms with van der Waals surface area (Å²) >= 11 is 0. The second kappa shape index (κ2) is 5.89. The maximum Gasteiger partial charge on any atom is 0.160 e. The fourth-order valence-electron chi connectivity index (χ4n) is 3.08. The number of imidazole rings is 1. The first-order chi connectivity index (χ1) is 9.83. The van der Waals surface area contributed by atoms with Crippen molar-refractivity contribution in [1.82, 2.24) is 19.4 Å². The molecule has 0 radical (unpaired) electrons. The highest BCUT2D eigenvalue weighted by Crippen LogP contribution is 2.27. The largest absolute Gasteiger partial charge is 0.396 e. The second-order valence-corrected chi connectivity index (χ2v) is 5.41. The predicted molar refractivity (Wildman–Crippen MR) is 78.7 cm³/mol. The van der Waals surface area contributed by atoms with Gasteiger partial charge in [0.25, 0.3) is 0 Å². The van der Waals surface area contributed by atoms with E-state index in [9.17, 15) is 0 Å². The number of hydrogen-bond donors (Lipinski definition) is 1. The summed E-state index contributed by atoms with van der Waals surface area (Å²) in [6, 6.07) is 4.42. The maximum absolute atomic E-state index is 9.08. The van der Waals surface area contributed by atoms with Crippen LogP contribution < -0.4 is 0 Å². The van der Waals surface area contributed by atoms with Crippen LogP contribution in [0.5, 0.6) is 0 Å². The van der Waals surface area contributed by atoms with Gasteiger partial charge in [-0.2, -0.15) is 0 Å². The molecule has 1 fully saturated rings. The smallest absolute Gasteiger partial charge is 0.160 e. The molecule has 1 unspecified atom stereocenters. The van der Waals surface area contributed by atoms with Crippen molar-refractivity contribution in [3.8, 4) is 0 Å². The third kappa shape index (κ3) is 2.43. The number of likely N-dealkylation sites (tertiary alicyclic amines) is 1. The number of aromatic nitrogens is 3. The van der Waals surface area contributed by atoms with E-state index in [0.717, 1.165) is 55.9 Å². The van der Waals surface area contributed by atoms with Crippen molar-refractivity contribution in [2.45, 2.75) is 32.2 Å². The van der Waals surface area contributed by atoms with Gasteiger partial charge in [-0.3, -0.25) is 0 Å². The Morgan fingerprint density at radius 3 is 3.10 bits per heavy atom. The van der Waals surface area contributed by atoms with Crippen LogP contribution in [0.15, 0.2) is 18.3 Å². The van der Waals surface area contributed by atoms with Gasteiger partial charge in [-0.05, 0) is 31.5 Å². The molecular weight excluding hydrogens is 252 g/mol. The number of hydrogen-bond acceptors (Lipinski definition) is 4. The van der Waals surface area contributed by atoms with Crippen molar-refractivity contribution in [2.24, 2.45) is 0 Å². The fourth-order valence-corrected chi connectivity index (χ4v) is 3.08. The normalized spacial score (nSPS) is 20.0. The number of rotatable bonds is 5. The van der Waals surface area contributed by atoms with E-state index in [2.05, 4.69) is 21.4 Å². The van der Waals surface area contributed by atoms with Gasteiger partial charge in [-0.1, -0.05) is 6.92 Å². The van der Waals surface area contributed by atoms with E-state index in [1.54, 1.807) is 0 Å². The van der Waals surface area contributed by atoms with Gasteiger partial charge in [0.2, 0.25) is 0 Å². The predicted octanol–water partition coefficient (Wildman–Crippen LogP) is 1.62. The van der Waals surface area contributed by atoms with E-state index in [4.69, 9.17) is 10.1 Å². The Kier molecular flexibility index (Phi) is 3.98. The monoisotopic (exact) mass is 274 g/mol. The van der Waals surface area contributed by atoms with Crippen LogP contribution in [0.1, 0.15) is 31.6 Å². The highest BCUT2D eigenvalue weighted by Gasteiger charge is 2.26. The summed E-state index contributed by atoms with van der Waals surface area (Å²) in [5, 5.41) is 9.08. The highest BCUT2D eigenvalue weighted by molar-refractivity contribution is 5.71. The molecule has 1 aliphatic heterocycles. The van der Waals surface area contributed by atoms with E-state index in [1.165, 1.54) is 0 Å². The summed E-state index contributed by atoms with van der Waals surface area (Å²) in [7, 11) is 0. The molecule has 3 rings (SSSR count). The van der Waals surface area contributed by atoms with Crippen molar-refractivity contribution in [2.75, 3.05) is 26.2 Å². The van der Waals surface area contributed by atoms with Gasteiger partial charge < -0.3 is 14.6 Å². The SMILES string of the molecule is CCN1CCC(n2c(CCCO)nc3cccnc32)C1. The number of nitrogens with zero attached hydrogens (tertiary/aromatic N) is 4. The Balaban J connectivity index is 1.98. The Labute approximate surface area is 119 Å². The third-order valence-electron chi connectivity index (χ3n) is 4.14. The van der Waals surface area contributed by atoms with Gasteiger partial charge in [0, 0.05) is 32.3 Å². The second-order valence-electron chi connectivity index (χ2n) is 5.41. The van der Waals surface area contributed by atoms with Crippen LogP contribution in [0.3, 0.4) is 0 Å². The van der Waals surface area contributed by atoms with Gasteiger partial charge in [0.05, 0.1) is 6.04 Å². The summed E-state index contributed by atoms with van der Waals surface area (Å²) in [6.45, 7) is 5.74. The first-order valence-electron chi connectivity index (χ1n) is 7.48. The average Bonchev–Trinajstić information content (AvgIpc) is 3.08. The molecule has 2 aromatic heterocycles. The van der Waals surface area contributed by atoms with Crippen LogP contribution in [0.4, 0.5) is 0 Å². The van der Waals surface area contributed by atoms with E-state index in [0.29, 0.717) is 6.04 Å². The minimum Gasteiger partial charge on any atom is -0.396 e. The molecule has 1 saturated heterocycles. The first kappa shape index (κ1) is 13.5. The molecule has 1 atom stereocenters. The van der Waals surface area contributed by atoms with Gasteiger partial charge in [-0.25, -0.2) is 9.97 Å². The molecule has 2 aromatic rings. The average molecular weight is 274 g/mol. The van der Waals surface area contributed by atoms with Gasteiger partial charge in [-0.15, -0.1) is 0 Å². The molecule has 5 heteroatoms.